The van der Waals surface area contributed by atoms with Crippen LogP contribution in [-0.4, -0.2) is 41.0 Å². The van der Waals surface area contributed by atoms with Gasteiger partial charge in [0.05, 0.1) is 0 Å². The van der Waals surface area contributed by atoms with Crippen molar-refractivity contribution in [3.8, 4) is 6.07 Å². The van der Waals surface area contributed by atoms with Crippen LogP contribution >= 0.6 is 0 Å². The lowest BCUT2D eigenvalue weighted by atomic mass is 9.99. The first-order valence-electron chi connectivity index (χ1n) is 9.46. The number of rotatable bonds is 6. The van der Waals surface area contributed by atoms with E-state index < -0.39 is 11.5 Å². The van der Waals surface area contributed by atoms with Crippen molar-refractivity contribution in [2.75, 3.05) is 13.2 Å². The van der Waals surface area contributed by atoms with Gasteiger partial charge in [-0.25, -0.2) is 0 Å². The average molecular weight is 373 g/mol. The molecule has 7 nitrogen and oxygen atoms in total. The number of ether oxygens (including phenoxy) is 1. The molecule has 1 aliphatic rings. The molecule has 27 heavy (non-hydrogen) atoms. The van der Waals surface area contributed by atoms with E-state index in [1.807, 2.05) is 11.0 Å². The van der Waals surface area contributed by atoms with Crippen molar-refractivity contribution in [1.29, 1.82) is 5.26 Å². The molecule has 0 spiro atoms. The molecule has 1 amide bonds. The third-order valence-electron chi connectivity index (χ3n) is 5.27. The molecule has 1 fully saturated rings. The number of nitriles is 1. The van der Waals surface area contributed by atoms with Crippen LogP contribution in [0.2, 0.25) is 0 Å². The van der Waals surface area contributed by atoms with Crippen LogP contribution in [-0.2, 0) is 20.7 Å². The van der Waals surface area contributed by atoms with Gasteiger partial charge in [-0.2, -0.15) is 5.26 Å². The van der Waals surface area contributed by atoms with Crippen molar-refractivity contribution in [3.63, 3.8) is 0 Å². The Labute approximate surface area is 159 Å². The first-order chi connectivity index (χ1) is 12.9. The predicted molar refractivity (Wildman–Crippen MR) is 100 cm³/mol. The number of aryl methyl sites for hydroxylation is 1. The molecule has 0 unspecified atom stereocenters. The molecule has 1 atom stereocenters. The summed E-state index contributed by atoms with van der Waals surface area (Å²) in [5.74, 6) is -0.602. The zero-order chi connectivity index (χ0) is 20.0. The van der Waals surface area contributed by atoms with E-state index in [0.717, 1.165) is 37.8 Å². The van der Waals surface area contributed by atoms with Crippen LogP contribution in [0.5, 0.6) is 0 Å². The monoisotopic (exact) mass is 373 g/mol. The maximum Gasteiger partial charge on any atom is 0.306 e. The maximum absolute atomic E-state index is 12.3. The van der Waals surface area contributed by atoms with Gasteiger partial charge in [-0.1, -0.05) is 6.92 Å². The Morgan fingerprint density at radius 2 is 2.07 bits per heavy atom. The number of esters is 1. The van der Waals surface area contributed by atoms with Gasteiger partial charge in [0.25, 0.3) is 11.5 Å². The highest BCUT2D eigenvalue weighted by Crippen LogP contribution is 2.20. The molecule has 0 radical (unpaired) electrons. The van der Waals surface area contributed by atoms with Crippen molar-refractivity contribution < 1.29 is 14.3 Å². The molecule has 2 heterocycles. The predicted octanol–water partition coefficient (Wildman–Crippen LogP) is 2.13. The molecule has 1 saturated heterocycles. The molecular formula is C20H27N3O4. The lowest BCUT2D eigenvalue weighted by Crippen LogP contribution is -2.45. The van der Waals surface area contributed by atoms with Gasteiger partial charge < -0.3 is 14.6 Å². The van der Waals surface area contributed by atoms with Crippen LogP contribution in [0.15, 0.2) is 4.79 Å². The normalized spacial score (nSPS) is 16.7. The molecule has 7 heteroatoms. The Morgan fingerprint density at radius 1 is 1.33 bits per heavy atom. The lowest BCUT2D eigenvalue weighted by molar-refractivity contribution is -0.153. The minimum atomic E-state index is -0.461. The molecule has 1 N–H and O–H groups in total. The van der Waals surface area contributed by atoms with Crippen LogP contribution in [0.4, 0.5) is 0 Å². The van der Waals surface area contributed by atoms with Crippen molar-refractivity contribution in [3.05, 3.63) is 32.7 Å². The fraction of sp³-hybridized carbons (Fsp3) is 0.600. The third kappa shape index (κ3) is 4.97. The number of hydrogen-bond acceptors (Lipinski definition) is 5. The van der Waals surface area contributed by atoms with E-state index in [0.29, 0.717) is 17.7 Å². The van der Waals surface area contributed by atoms with Crippen LogP contribution < -0.4 is 5.56 Å². The lowest BCUT2D eigenvalue weighted by Gasteiger charge is -2.35. The van der Waals surface area contributed by atoms with E-state index in [4.69, 9.17) is 10.00 Å². The molecule has 0 aromatic carbocycles. The highest BCUT2D eigenvalue weighted by molar-refractivity contribution is 5.81. The van der Waals surface area contributed by atoms with Crippen molar-refractivity contribution >= 4 is 11.9 Å². The number of carbonyl (C=O) groups excluding carboxylic acids is 2. The van der Waals surface area contributed by atoms with Crippen LogP contribution in [0, 0.1) is 25.2 Å². The summed E-state index contributed by atoms with van der Waals surface area (Å²) < 4.78 is 5.16. The molecule has 1 aromatic rings. The van der Waals surface area contributed by atoms with E-state index in [9.17, 15) is 14.4 Å². The fourth-order valence-corrected chi connectivity index (χ4v) is 3.70. The van der Waals surface area contributed by atoms with E-state index >= 15 is 0 Å². The van der Waals surface area contributed by atoms with E-state index in [1.54, 1.807) is 13.8 Å². The Hall–Kier alpha value is -2.62. The first kappa shape index (κ1) is 20.7. The zero-order valence-corrected chi connectivity index (χ0v) is 16.3. The number of amides is 1. The highest BCUT2D eigenvalue weighted by Gasteiger charge is 2.26. The SMILES string of the molecule is CC[C@@H]1CCCCN1C(=O)COC(=O)CCc1c(C)[nH]c(=O)c(C#N)c1C. The first-order valence-corrected chi connectivity index (χ1v) is 9.46. The molecule has 146 valence electrons. The Morgan fingerprint density at radius 3 is 2.74 bits per heavy atom. The van der Waals surface area contributed by atoms with Gasteiger partial charge in [-0.3, -0.25) is 14.4 Å². The van der Waals surface area contributed by atoms with Crippen LogP contribution in [0.25, 0.3) is 0 Å². The summed E-state index contributed by atoms with van der Waals surface area (Å²) >= 11 is 0. The van der Waals surface area contributed by atoms with Crippen molar-refractivity contribution in [2.24, 2.45) is 0 Å². The largest absolute Gasteiger partial charge is 0.456 e. The van der Waals surface area contributed by atoms with Crippen LogP contribution in [0.1, 0.15) is 61.4 Å². The molecule has 0 aliphatic carbocycles. The number of pyridine rings is 1. The quantitative estimate of drug-likeness (QED) is 0.770. The Balaban J connectivity index is 1.91. The molecule has 1 aromatic heterocycles. The van der Waals surface area contributed by atoms with Gasteiger partial charge >= 0.3 is 5.97 Å². The topological polar surface area (TPSA) is 103 Å². The number of likely N-dealkylation sites (tertiary alicyclic amines) is 1. The summed E-state index contributed by atoms with van der Waals surface area (Å²) in [6.45, 7) is 5.99. The smallest absolute Gasteiger partial charge is 0.306 e. The minimum absolute atomic E-state index is 0.0647. The summed E-state index contributed by atoms with van der Waals surface area (Å²) in [5.41, 5.74) is 1.63. The number of carbonyl (C=O) groups is 2. The van der Waals surface area contributed by atoms with Crippen molar-refractivity contribution in [2.45, 2.75) is 65.3 Å². The van der Waals surface area contributed by atoms with Gasteiger partial charge in [0, 0.05) is 24.7 Å². The number of aromatic nitrogens is 1. The van der Waals surface area contributed by atoms with Gasteiger partial charge in [0.15, 0.2) is 6.61 Å². The summed E-state index contributed by atoms with van der Waals surface area (Å²) in [5, 5.41) is 9.10. The number of nitrogens with one attached hydrogen (secondary N) is 1. The third-order valence-corrected chi connectivity index (χ3v) is 5.27. The number of H-pyrrole nitrogens is 1. The zero-order valence-electron chi connectivity index (χ0n) is 16.3. The minimum Gasteiger partial charge on any atom is -0.456 e. The summed E-state index contributed by atoms with van der Waals surface area (Å²) in [6.07, 6.45) is 4.46. The highest BCUT2D eigenvalue weighted by atomic mass is 16.5. The van der Waals surface area contributed by atoms with Crippen molar-refractivity contribution in [1.82, 2.24) is 9.88 Å². The fourth-order valence-electron chi connectivity index (χ4n) is 3.70. The number of nitrogens with zero attached hydrogens (tertiary/aromatic N) is 2. The van der Waals surface area contributed by atoms with E-state index in [1.165, 1.54) is 0 Å². The maximum atomic E-state index is 12.3. The molecule has 1 aliphatic heterocycles. The number of aromatic amines is 1. The second-order valence-corrected chi connectivity index (χ2v) is 6.98. The second-order valence-electron chi connectivity index (χ2n) is 6.98. The second kappa shape index (κ2) is 9.36. The van der Waals surface area contributed by atoms with Gasteiger partial charge in [-0.15, -0.1) is 0 Å². The van der Waals surface area contributed by atoms with Gasteiger partial charge in [0.2, 0.25) is 0 Å². The standard InChI is InChI=1S/C20H27N3O4/c1-4-15-7-5-6-10-23(15)18(24)12-27-19(25)9-8-16-13(2)17(11-21)20(26)22-14(16)3/h15H,4-10,12H2,1-3H3,(H,22,26)/t15-/m1/s1. The van der Waals surface area contributed by atoms with Gasteiger partial charge in [-0.05, 0) is 57.1 Å². The summed E-state index contributed by atoms with van der Waals surface area (Å²) in [4.78, 5) is 40.6. The number of piperidine rings is 1. The van der Waals surface area contributed by atoms with Gasteiger partial charge in [0.1, 0.15) is 11.6 Å². The molecule has 0 saturated carbocycles. The molecular weight excluding hydrogens is 346 g/mol. The Bertz CT molecular complexity index is 807. The van der Waals surface area contributed by atoms with E-state index in [-0.39, 0.29) is 30.5 Å². The molecule has 2 rings (SSSR count). The molecule has 0 bridgehead atoms. The van der Waals surface area contributed by atoms with Crippen LogP contribution in [0.3, 0.4) is 0 Å². The number of hydrogen-bond donors (Lipinski definition) is 1. The van der Waals surface area contributed by atoms with E-state index in [2.05, 4.69) is 11.9 Å². The average Bonchev–Trinajstić information content (AvgIpc) is 2.65. The Kier molecular flexibility index (Phi) is 7.17. The summed E-state index contributed by atoms with van der Waals surface area (Å²) in [7, 11) is 0. The summed E-state index contributed by atoms with van der Waals surface area (Å²) in [6, 6.07) is 2.13.